The number of nitrogens with zero attached hydrogens (tertiary/aromatic N) is 2. The number of H-pyrrole nitrogens is 3. The molecule has 1 fully saturated rings. The smallest absolute Gasteiger partial charge is 0.267 e. The van der Waals surface area contributed by atoms with Gasteiger partial charge in [-0.1, -0.05) is 0 Å². The molecule has 5 atom stereocenters. The minimum absolute atomic E-state index is 0.0513. The number of guanidine groups is 1. The Morgan fingerprint density at radius 2 is 1.83 bits per heavy atom. The van der Waals surface area contributed by atoms with E-state index in [4.69, 9.17) is 11.5 Å². The summed E-state index contributed by atoms with van der Waals surface area (Å²) in [6.07, 6.45) is 4.96. The van der Waals surface area contributed by atoms with Gasteiger partial charge in [-0.2, -0.15) is 0 Å². The van der Waals surface area contributed by atoms with Crippen molar-refractivity contribution in [3.05, 3.63) is 58.3 Å². The SMILES string of the molecule is NC1=NC(C2C(CNC(=O)c3cc(Br)c[nH]3)C(CNC(=O)c3ccc[nH]3)C2c2cnc(N)[nH]2)C(=O)N1. The Kier molecular flexibility index (Phi) is 6.26. The van der Waals surface area contributed by atoms with E-state index in [1.165, 1.54) is 0 Å². The summed E-state index contributed by atoms with van der Waals surface area (Å²) in [5.74, 6) is -1.51. The molecule has 1 saturated carbocycles. The summed E-state index contributed by atoms with van der Waals surface area (Å²) in [5.41, 5.74) is 13.2. The molecular weight excluding hydrogens is 532 g/mol. The van der Waals surface area contributed by atoms with Gasteiger partial charge in [0.05, 0.1) is 6.20 Å². The van der Waals surface area contributed by atoms with Gasteiger partial charge in [-0.05, 0) is 46.0 Å². The molecule has 13 nitrogen and oxygen atoms in total. The van der Waals surface area contributed by atoms with Gasteiger partial charge in [0.1, 0.15) is 17.4 Å². The van der Waals surface area contributed by atoms with E-state index in [-0.39, 0.29) is 59.8 Å². The number of rotatable bonds is 8. The van der Waals surface area contributed by atoms with E-state index in [0.717, 1.165) is 10.2 Å². The Balaban J connectivity index is 1.41. The minimum Gasteiger partial charge on any atom is -0.370 e. The van der Waals surface area contributed by atoms with Crippen molar-refractivity contribution >= 4 is 45.6 Å². The van der Waals surface area contributed by atoms with Gasteiger partial charge in [0.15, 0.2) is 11.9 Å². The van der Waals surface area contributed by atoms with Crippen LogP contribution in [-0.4, -0.2) is 62.7 Å². The maximum atomic E-state index is 12.7. The van der Waals surface area contributed by atoms with Crippen LogP contribution in [0.15, 0.2) is 46.3 Å². The lowest BCUT2D eigenvalue weighted by atomic mass is 9.53. The molecule has 5 rings (SSSR count). The van der Waals surface area contributed by atoms with Gasteiger partial charge in [-0.3, -0.25) is 19.7 Å². The number of hydrogen-bond acceptors (Lipinski definition) is 7. The maximum absolute atomic E-state index is 12.7. The van der Waals surface area contributed by atoms with E-state index < -0.39 is 6.04 Å². The Labute approximate surface area is 213 Å². The van der Waals surface area contributed by atoms with E-state index in [1.807, 2.05) is 0 Å². The molecule has 3 amide bonds. The predicted molar refractivity (Wildman–Crippen MR) is 134 cm³/mol. The van der Waals surface area contributed by atoms with Crippen LogP contribution in [0.1, 0.15) is 32.6 Å². The van der Waals surface area contributed by atoms with Crippen LogP contribution < -0.4 is 27.4 Å². The molecule has 0 spiro atoms. The van der Waals surface area contributed by atoms with Gasteiger partial charge in [0, 0.05) is 47.5 Å². The number of hydrogen-bond donors (Lipinski definition) is 8. The standard InChI is InChI=1S/C22H25BrN10O3/c23-9-4-13(27-5-9)19(35)29-7-11-10(6-28-18(34)12-2-1-3-26-12)15(14-8-30-21(24)31-14)16(11)17-20(36)33-22(25)32-17/h1-5,8,10-11,15-17,26-27H,6-7H2,(H,28,34)(H,29,35)(H3,24,30,31)(H3,25,32,33,36). The van der Waals surface area contributed by atoms with Crippen molar-refractivity contribution in [3.8, 4) is 0 Å². The average molecular weight is 557 g/mol. The number of aromatic amines is 3. The van der Waals surface area contributed by atoms with Crippen molar-refractivity contribution in [2.45, 2.75) is 12.0 Å². The van der Waals surface area contributed by atoms with Crippen LogP contribution in [0, 0.1) is 17.8 Å². The quantitative estimate of drug-likeness (QED) is 0.191. The van der Waals surface area contributed by atoms with Crippen molar-refractivity contribution in [1.29, 1.82) is 0 Å². The zero-order chi connectivity index (χ0) is 25.4. The van der Waals surface area contributed by atoms with Gasteiger partial charge < -0.3 is 37.1 Å². The first-order chi connectivity index (χ1) is 17.3. The summed E-state index contributed by atoms with van der Waals surface area (Å²) in [7, 11) is 0. The second-order valence-electron chi connectivity index (χ2n) is 8.84. The molecular formula is C22H25BrN10O3. The highest BCUT2D eigenvalue weighted by molar-refractivity contribution is 9.10. The third-order valence-electron chi connectivity index (χ3n) is 6.79. The molecule has 14 heteroatoms. The van der Waals surface area contributed by atoms with Gasteiger partial charge in [0.25, 0.3) is 17.7 Å². The van der Waals surface area contributed by atoms with Crippen LogP contribution >= 0.6 is 15.9 Å². The number of imidazole rings is 1. The number of amides is 3. The topological polar surface area (TPSA) is 212 Å². The van der Waals surface area contributed by atoms with Crippen molar-refractivity contribution < 1.29 is 14.4 Å². The number of aliphatic imine (C=N–C) groups is 1. The first kappa shape index (κ1) is 23.7. The Hall–Kier alpha value is -4.07. The van der Waals surface area contributed by atoms with Crippen molar-refractivity contribution in [3.63, 3.8) is 0 Å². The van der Waals surface area contributed by atoms with Crippen LogP contribution in [0.5, 0.6) is 0 Å². The molecule has 0 aromatic carbocycles. The molecule has 1 aliphatic carbocycles. The third-order valence-corrected chi connectivity index (χ3v) is 7.25. The zero-order valence-corrected chi connectivity index (χ0v) is 20.5. The molecule has 5 unspecified atom stereocenters. The molecule has 3 aromatic rings. The minimum atomic E-state index is -0.753. The van der Waals surface area contributed by atoms with E-state index in [0.29, 0.717) is 17.9 Å². The molecule has 0 saturated heterocycles. The largest absolute Gasteiger partial charge is 0.370 e. The lowest BCUT2D eigenvalue weighted by molar-refractivity contribution is -0.124. The highest BCUT2D eigenvalue weighted by Crippen LogP contribution is 2.54. The number of anilines is 1. The Bertz CT molecular complexity index is 1310. The van der Waals surface area contributed by atoms with E-state index >= 15 is 0 Å². The van der Waals surface area contributed by atoms with Crippen molar-refractivity contribution in [2.75, 3.05) is 18.8 Å². The molecule has 36 heavy (non-hydrogen) atoms. The lowest BCUT2D eigenvalue weighted by Crippen LogP contribution is -2.59. The van der Waals surface area contributed by atoms with Gasteiger partial charge in [-0.15, -0.1) is 0 Å². The Morgan fingerprint density at radius 1 is 1.08 bits per heavy atom. The first-order valence-electron chi connectivity index (χ1n) is 11.3. The second kappa shape index (κ2) is 9.53. The summed E-state index contributed by atoms with van der Waals surface area (Å²) in [6.45, 7) is 0.544. The normalized spacial score (nSPS) is 25.1. The number of carbonyl (C=O) groups is 3. The molecule has 4 heterocycles. The fraction of sp³-hybridized carbons (Fsp3) is 0.318. The number of carbonyl (C=O) groups excluding carboxylic acids is 3. The zero-order valence-electron chi connectivity index (χ0n) is 18.9. The van der Waals surface area contributed by atoms with E-state index in [9.17, 15) is 14.4 Å². The lowest BCUT2D eigenvalue weighted by Gasteiger charge is -2.53. The van der Waals surface area contributed by atoms with E-state index in [2.05, 4.69) is 56.8 Å². The monoisotopic (exact) mass is 556 g/mol. The number of halogens is 1. The van der Waals surface area contributed by atoms with Crippen LogP contribution in [0.25, 0.3) is 0 Å². The van der Waals surface area contributed by atoms with Gasteiger partial charge >= 0.3 is 0 Å². The average Bonchev–Trinajstić information content (AvgIpc) is 3.62. The van der Waals surface area contributed by atoms with Crippen LogP contribution in [0.3, 0.4) is 0 Å². The molecule has 1 aliphatic heterocycles. The van der Waals surface area contributed by atoms with Gasteiger partial charge in [0.2, 0.25) is 0 Å². The Morgan fingerprint density at radius 3 is 2.42 bits per heavy atom. The summed E-state index contributed by atoms with van der Waals surface area (Å²) in [6, 6.07) is 4.34. The summed E-state index contributed by atoms with van der Waals surface area (Å²) in [5, 5.41) is 8.46. The van der Waals surface area contributed by atoms with Crippen LogP contribution in [-0.2, 0) is 4.79 Å². The fourth-order valence-corrected chi connectivity index (χ4v) is 5.54. The summed E-state index contributed by atoms with van der Waals surface area (Å²) < 4.78 is 0.753. The van der Waals surface area contributed by atoms with Crippen LogP contribution in [0.4, 0.5) is 5.95 Å². The van der Waals surface area contributed by atoms with Gasteiger partial charge in [-0.25, -0.2) is 9.98 Å². The maximum Gasteiger partial charge on any atom is 0.267 e. The first-order valence-corrected chi connectivity index (χ1v) is 12.1. The van der Waals surface area contributed by atoms with E-state index in [1.54, 1.807) is 36.8 Å². The van der Waals surface area contributed by atoms with Crippen LogP contribution in [0.2, 0.25) is 0 Å². The highest BCUT2D eigenvalue weighted by Gasteiger charge is 2.57. The molecule has 0 bridgehead atoms. The van der Waals surface area contributed by atoms with Crippen molar-refractivity contribution in [2.24, 2.45) is 28.5 Å². The second-order valence-corrected chi connectivity index (χ2v) is 9.75. The molecule has 3 aromatic heterocycles. The third kappa shape index (κ3) is 4.46. The number of aromatic nitrogens is 4. The van der Waals surface area contributed by atoms with Crippen molar-refractivity contribution in [1.82, 2.24) is 35.9 Å². The fourth-order valence-electron chi connectivity index (χ4n) is 5.20. The number of nitrogens with two attached hydrogens (primary N) is 2. The summed E-state index contributed by atoms with van der Waals surface area (Å²) in [4.78, 5) is 55.4. The number of nitrogens with one attached hydrogen (secondary N) is 6. The molecule has 188 valence electrons. The predicted octanol–water partition coefficient (Wildman–Crippen LogP) is 0.0295. The number of nitrogen functional groups attached to an aromatic ring is 1. The molecule has 10 N–H and O–H groups in total. The highest BCUT2D eigenvalue weighted by atomic mass is 79.9. The summed E-state index contributed by atoms with van der Waals surface area (Å²) >= 11 is 3.32. The molecule has 2 aliphatic rings. The molecule has 0 radical (unpaired) electrons.